The predicted molar refractivity (Wildman–Crippen MR) is 86.5 cm³/mol. The van der Waals surface area contributed by atoms with E-state index in [0.717, 1.165) is 5.69 Å². The summed E-state index contributed by atoms with van der Waals surface area (Å²) in [6.45, 7) is 10.6. The summed E-state index contributed by atoms with van der Waals surface area (Å²) in [6, 6.07) is 8.35. The number of hydrogen-bond donors (Lipinski definition) is 2. The van der Waals surface area contributed by atoms with Crippen LogP contribution in [-0.4, -0.2) is 15.9 Å². The van der Waals surface area contributed by atoms with Gasteiger partial charge in [0.1, 0.15) is 0 Å². The zero-order valence-electron chi connectivity index (χ0n) is 11.7. The molecule has 0 saturated heterocycles. The van der Waals surface area contributed by atoms with Gasteiger partial charge in [0, 0.05) is 21.4 Å². The van der Waals surface area contributed by atoms with Crippen LogP contribution in [0.15, 0.2) is 29.2 Å². The molecular formula is C14H22N2S2. The molecule has 1 aromatic rings. The van der Waals surface area contributed by atoms with Gasteiger partial charge in [0.25, 0.3) is 0 Å². The average molecular weight is 282 g/mol. The lowest BCUT2D eigenvalue weighted by Crippen LogP contribution is -2.42. The Balaban J connectivity index is 2.56. The summed E-state index contributed by atoms with van der Waals surface area (Å²) in [5.41, 5.74) is 1.00. The number of anilines is 1. The fraction of sp³-hybridized carbons (Fsp3) is 0.500. The van der Waals surface area contributed by atoms with Gasteiger partial charge in [-0.1, -0.05) is 13.8 Å². The van der Waals surface area contributed by atoms with E-state index in [1.807, 2.05) is 11.8 Å². The SMILES string of the molecule is CC(C)Sc1ccc(NC(=S)NC(C)(C)C)cc1. The molecular weight excluding hydrogens is 260 g/mol. The van der Waals surface area contributed by atoms with E-state index in [-0.39, 0.29) is 5.54 Å². The summed E-state index contributed by atoms with van der Waals surface area (Å²) < 4.78 is 0. The van der Waals surface area contributed by atoms with Gasteiger partial charge in [0.15, 0.2) is 5.11 Å². The molecule has 0 heterocycles. The Morgan fingerprint density at radius 3 is 2.17 bits per heavy atom. The molecule has 0 aromatic heterocycles. The average Bonchev–Trinajstić information content (AvgIpc) is 2.17. The van der Waals surface area contributed by atoms with E-state index in [0.29, 0.717) is 10.4 Å². The lowest BCUT2D eigenvalue weighted by molar-refractivity contribution is 0.515. The van der Waals surface area contributed by atoms with E-state index < -0.39 is 0 Å². The highest BCUT2D eigenvalue weighted by atomic mass is 32.2. The largest absolute Gasteiger partial charge is 0.358 e. The van der Waals surface area contributed by atoms with E-state index in [2.05, 4.69) is 69.5 Å². The standard InChI is InChI=1S/C14H22N2S2/c1-10(2)18-12-8-6-11(7-9-12)15-13(17)16-14(3,4)5/h6-10H,1-5H3,(H2,15,16,17). The molecule has 1 aromatic carbocycles. The molecule has 0 fully saturated rings. The van der Waals surface area contributed by atoms with Gasteiger partial charge < -0.3 is 10.6 Å². The predicted octanol–water partition coefficient (Wildman–Crippen LogP) is 4.27. The highest BCUT2D eigenvalue weighted by Gasteiger charge is 2.10. The van der Waals surface area contributed by atoms with Crippen LogP contribution >= 0.6 is 24.0 Å². The van der Waals surface area contributed by atoms with Crippen molar-refractivity contribution in [3.05, 3.63) is 24.3 Å². The van der Waals surface area contributed by atoms with Gasteiger partial charge in [-0.15, -0.1) is 11.8 Å². The summed E-state index contributed by atoms with van der Waals surface area (Å²) in [5.74, 6) is 0. The van der Waals surface area contributed by atoms with E-state index in [1.54, 1.807) is 0 Å². The molecule has 0 aliphatic rings. The van der Waals surface area contributed by atoms with Crippen molar-refractivity contribution in [1.82, 2.24) is 5.32 Å². The lowest BCUT2D eigenvalue weighted by atomic mass is 10.1. The van der Waals surface area contributed by atoms with Crippen LogP contribution in [0.5, 0.6) is 0 Å². The Morgan fingerprint density at radius 2 is 1.72 bits per heavy atom. The molecule has 100 valence electrons. The maximum Gasteiger partial charge on any atom is 0.171 e. The molecule has 1 rings (SSSR count). The van der Waals surface area contributed by atoms with Gasteiger partial charge in [0.2, 0.25) is 0 Å². The maximum absolute atomic E-state index is 5.26. The molecule has 0 bridgehead atoms. The van der Waals surface area contributed by atoms with Crippen LogP contribution in [-0.2, 0) is 0 Å². The molecule has 0 saturated carbocycles. The topological polar surface area (TPSA) is 24.1 Å². The Morgan fingerprint density at radius 1 is 1.17 bits per heavy atom. The Labute approximate surface area is 120 Å². The summed E-state index contributed by atoms with van der Waals surface area (Å²) in [6.07, 6.45) is 0. The number of hydrogen-bond acceptors (Lipinski definition) is 2. The first kappa shape index (κ1) is 15.3. The Kier molecular flexibility index (Phi) is 5.47. The Bertz CT molecular complexity index is 391. The van der Waals surface area contributed by atoms with Crippen molar-refractivity contribution in [2.75, 3.05) is 5.32 Å². The minimum Gasteiger partial charge on any atom is -0.358 e. The normalized spacial score (nSPS) is 11.4. The van der Waals surface area contributed by atoms with Crippen molar-refractivity contribution in [1.29, 1.82) is 0 Å². The second kappa shape index (κ2) is 6.43. The molecule has 2 nitrogen and oxygen atoms in total. The number of thioether (sulfide) groups is 1. The zero-order chi connectivity index (χ0) is 13.8. The molecule has 18 heavy (non-hydrogen) atoms. The maximum atomic E-state index is 5.26. The molecule has 4 heteroatoms. The van der Waals surface area contributed by atoms with Gasteiger partial charge in [-0.25, -0.2) is 0 Å². The van der Waals surface area contributed by atoms with Crippen molar-refractivity contribution in [3.63, 3.8) is 0 Å². The first-order chi connectivity index (χ1) is 8.26. The van der Waals surface area contributed by atoms with Crippen molar-refractivity contribution in [3.8, 4) is 0 Å². The number of benzene rings is 1. The van der Waals surface area contributed by atoms with Gasteiger partial charge in [0.05, 0.1) is 0 Å². The minimum atomic E-state index is -0.0164. The van der Waals surface area contributed by atoms with Crippen molar-refractivity contribution < 1.29 is 0 Å². The third-order valence-corrected chi connectivity index (χ3v) is 3.19. The second-order valence-electron chi connectivity index (χ2n) is 5.52. The van der Waals surface area contributed by atoms with Gasteiger partial charge in [-0.2, -0.15) is 0 Å². The van der Waals surface area contributed by atoms with E-state index >= 15 is 0 Å². The molecule has 0 radical (unpaired) electrons. The highest BCUT2D eigenvalue weighted by Crippen LogP contribution is 2.24. The lowest BCUT2D eigenvalue weighted by Gasteiger charge is -2.23. The third-order valence-electron chi connectivity index (χ3n) is 1.97. The summed E-state index contributed by atoms with van der Waals surface area (Å²) in [5, 5.41) is 7.68. The monoisotopic (exact) mass is 282 g/mol. The van der Waals surface area contributed by atoms with E-state index in [1.165, 1.54) is 4.90 Å². The minimum absolute atomic E-state index is 0.0164. The van der Waals surface area contributed by atoms with Crippen molar-refractivity contribution in [2.24, 2.45) is 0 Å². The summed E-state index contributed by atoms with van der Waals surface area (Å²) in [4.78, 5) is 1.28. The van der Waals surface area contributed by atoms with Crippen molar-refractivity contribution >= 4 is 34.8 Å². The molecule has 2 N–H and O–H groups in total. The van der Waals surface area contributed by atoms with Crippen LogP contribution in [0, 0.1) is 0 Å². The molecule has 0 aliphatic heterocycles. The Hall–Kier alpha value is -0.740. The molecule has 0 unspecified atom stereocenters. The summed E-state index contributed by atoms with van der Waals surface area (Å²) >= 11 is 7.12. The van der Waals surface area contributed by atoms with Gasteiger partial charge >= 0.3 is 0 Å². The molecule has 0 atom stereocenters. The second-order valence-corrected chi connectivity index (χ2v) is 7.58. The first-order valence-electron chi connectivity index (χ1n) is 6.12. The van der Waals surface area contributed by atoms with Crippen LogP contribution in [0.4, 0.5) is 5.69 Å². The van der Waals surface area contributed by atoms with Crippen LogP contribution in [0.1, 0.15) is 34.6 Å². The van der Waals surface area contributed by atoms with Gasteiger partial charge in [-0.3, -0.25) is 0 Å². The molecule has 0 spiro atoms. The van der Waals surface area contributed by atoms with Crippen LogP contribution in [0.3, 0.4) is 0 Å². The summed E-state index contributed by atoms with van der Waals surface area (Å²) in [7, 11) is 0. The number of thiocarbonyl (C=S) groups is 1. The van der Waals surface area contributed by atoms with Crippen molar-refractivity contribution in [2.45, 2.75) is 50.3 Å². The fourth-order valence-electron chi connectivity index (χ4n) is 1.39. The molecule has 0 aliphatic carbocycles. The quantitative estimate of drug-likeness (QED) is 0.638. The fourth-order valence-corrected chi connectivity index (χ4v) is 2.65. The first-order valence-corrected chi connectivity index (χ1v) is 7.41. The highest BCUT2D eigenvalue weighted by molar-refractivity contribution is 7.99. The van der Waals surface area contributed by atoms with Crippen LogP contribution < -0.4 is 10.6 Å². The van der Waals surface area contributed by atoms with Crippen LogP contribution in [0.2, 0.25) is 0 Å². The number of rotatable bonds is 3. The third kappa shape index (κ3) is 6.26. The molecule has 0 amide bonds. The van der Waals surface area contributed by atoms with E-state index in [4.69, 9.17) is 12.2 Å². The number of nitrogens with one attached hydrogen (secondary N) is 2. The van der Waals surface area contributed by atoms with Crippen LogP contribution in [0.25, 0.3) is 0 Å². The smallest absolute Gasteiger partial charge is 0.171 e. The van der Waals surface area contributed by atoms with Gasteiger partial charge in [-0.05, 0) is 57.3 Å². The zero-order valence-corrected chi connectivity index (χ0v) is 13.3. The van der Waals surface area contributed by atoms with E-state index in [9.17, 15) is 0 Å².